The van der Waals surface area contributed by atoms with Crippen molar-refractivity contribution in [1.82, 2.24) is 4.90 Å². The number of benzene rings is 3. The Labute approximate surface area is 218 Å². The number of carbonyl (C=O) groups is 1. The Balaban J connectivity index is 1.41. The summed E-state index contributed by atoms with van der Waals surface area (Å²) < 4.78 is 11.8. The first-order valence-corrected chi connectivity index (χ1v) is 12.6. The van der Waals surface area contributed by atoms with E-state index in [9.17, 15) is 4.79 Å². The Morgan fingerprint density at radius 2 is 1.81 bits per heavy atom. The number of thioether (sulfide) groups is 1. The van der Waals surface area contributed by atoms with Crippen molar-refractivity contribution in [3.63, 3.8) is 0 Å². The Morgan fingerprint density at radius 3 is 2.56 bits per heavy atom. The molecule has 2 heterocycles. The number of hydrogen-bond acceptors (Lipinski definition) is 5. The second-order valence-corrected chi connectivity index (χ2v) is 9.26. The lowest BCUT2D eigenvalue weighted by Gasteiger charge is -2.27. The summed E-state index contributed by atoms with van der Waals surface area (Å²) in [4.78, 5) is 18.8. The summed E-state index contributed by atoms with van der Waals surface area (Å²) in [5.41, 5.74) is 3.67. The predicted molar refractivity (Wildman–Crippen MR) is 145 cm³/mol. The zero-order valence-electron chi connectivity index (χ0n) is 19.4. The molecule has 5 rings (SSSR count). The van der Waals surface area contributed by atoms with Crippen LogP contribution in [-0.4, -0.2) is 28.4 Å². The van der Waals surface area contributed by atoms with Crippen LogP contribution >= 0.6 is 23.4 Å². The van der Waals surface area contributed by atoms with Gasteiger partial charge in [-0.05, 0) is 54.0 Å². The SMILES string of the molecule is CCOc1cc(/C=C2/C(=N)N3C(c4ccccc4)=CSC3=NC2=O)ccc1OCc1ccc(Cl)cc1. The lowest BCUT2D eigenvalue weighted by Crippen LogP contribution is -2.38. The molecule has 1 amide bonds. The van der Waals surface area contributed by atoms with Gasteiger partial charge in [-0.25, -0.2) is 0 Å². The van der Waals surface area contributed by atoms with Crippen molar-refractivity contribution in [2.45, 2.75) is 13.5 Å². The minimum Gasteiger partial charge on any atom is -0.490 e. The van der Waals surface area contributed by atoms with E-state index in [4.69, 9.17) is 26.5 Å². The van der Waals surface area contributed by atoms with Crippen molar-refractivity contribution in [2.24, 2.45) is 4.99 Å². The fourth-order valence-corrected chi connectivity index (χ4v) is 4.84. The summed E-state index contributed by atoms with van der Waals surface area (Å²) in [5.74, 6) is 0.791. The number of ether oxygens (including phenoxy) is 2. The number of amidine groups is 2. The molecule has 0 aliphatic carbocycles. The standard InChI is InChI=1S/C28H22ClN3O3S/c1-2-34-25-15-19(10-13-24(25)35-16-18-8-11-21(29)12-9-18)14-22-26(30)32-23(20-6-4-3-5-7-20)17-36-28(32)31-27(22)33/h3-15,17,30H,2,16H2,1H3/b22-14-,30-26?. The molecule has 0 saturated heterocycles. The number of halogens is 1. The highest BCUT2D eigenvalue weighted by atomic mass is 35.5. The zero-order valence-corrected chi connectivity index (χ0v) is 21.0. The van der Waals surface area contributed by atoms with Crippen molar-refractivity contribution >= 4 is 52.0 Å². The van der Waals surface area contributed by atoms with Gasteiger partial charge < -0.3 is 9.47 Å². The Hall–Kier alpha value is -3.81. The predicted octanol–water partition coefficient (Wildman–Crippen LogP) is 6.62. The quantitative estimate of drug-likeness (QED) is 0.358. The van der Waals surface area contributed by atoms with E-state index < -0.39 is 5.91 Å². The summed E-state index contributed by atoms with van der Waals surface area (Å²) in [6, 6.07) is 22.7. The molecule has 0 spiro atoms. The molecule has 0 fully saturated rings. The van der Waals surface area contributed by atoms with E-state index in [1.54, 1.807) is 23.1 Å². The molecule has 0 unspecified atom stereocenters. The number of hydrogen-bond donors (Lipinski definition) is 1. The highest BCUT2D eigenvalue weighted by molar-refractivity contribution is 8.17. The largest absolute Gasteiger partial charge is 0.490 e. The van der Waals surface area contributed by atoms with Crippen LogP contribution in [0.3, 0.4) is 0 Å². The van der Waals surface area contributed by atoms with Crippen LogP contribution in [0.5, 0.6) is 11.5 Å². The number of nitrogens with zero attached hydrogens (tertiary/aromatic N) is 2. The molecule has 8 heteroatoms. The first-order valence-electron chi connectivity index (χ1n) is 11.3. The van der Waals surface area contributed by atoms with Crippen molar-refractivity contribution in [2.75, 3.05) is 6.61 Å². The van der Waals surface area contributed by atoms with Crippen molar-refractivity contribution in [1.29, 1.82) is 5.41 Å². The third kappa shape index (κ3) is 4.94. The molecule has 6 nitrogen and oxygen atoms in total. The van der Waals surface area contributed by atoms with Crippen LogP contribution < -0.4 is 9.47 Å². The lowest BCUT2D eigenvalue weighted by molar-refractivity contribution is -0.114. The zero-order chi connectivity index (χ0) is 25.1. The number of carbonyl (C=O) groups excluding carboxylic acids is 1. The molecule has 0 saturated carbocycles. The third-order valence-corrected chi connectivity index (χ3v) is 6.65. The molecule has 0 bridgehead atoms. The van der Waals surface area contributed by atoms with E-state index in [1.807, 2.05) is 73.0 Å². The molecule has 3 aromatic rings. The summed E-state index contributed by atoms with van der Waals surface area (Å²) in [7, 11) is 0. The van der Waals surface area contributed by atoms with Crippen molar-refractivity contribution < 1.29 is 14.3 Å². The van der Waals surface area contributed by atoms with E-state index in [2.05, 4.69) is 4.99 Å². The van der Waals surface area contributed by atoms with Gasteiger partial charge in [-0.1, -0.05) is 71.9 Å². The fourth-order valence-electron chi connectivity index (χ4n) is 3.82. The maximum atomic E-state index is 12.8. The van der Waals surface area contributed by atoms with Gasteiger partial charge in [-0.3, -0.25) is 15.1 Å². The molecule has 0 radical (unpaired) electrons. The van der Waals surface area contributed by atoms with E-state index in [-0.39, 0.29) is 11.4 Å². The van der Waals surface area contributed by atoms with E-state index in [0.717, 1.165) is 16.8 Å². The van der Waals surface area contributed by atoms with E-state index >= 15 is 0 Å². The molecule has 180 valence electrons. The number of amides is 1. The molecule has 1 N–H and O–H groups in total. The minimum atomic E-state index is -0.442. The van der Waals surface area contributed by atoms with Gasteiger partial charge in [0.05, 0.1) is 17.9 Å². The maximum absolute atomic E-state index is 12.8. The summed E-state index contributed by atoms with van der Waals surface area (Å²) in [6.45, 7) is 2.71. The second-order valence-electron chi connectivity index (χ2n) is 7.98. The molecule has 3 aromatic carbocycles. The van der Waals surface area contributed by atoms with Gasteiger partial charge in [0.15, 0.2) is 16.7 Å². The number of rotatable bonds is 7. The minimum absolute atomic E-state index is 0.0890. The van der Waals surface area contributed by atoms with E-state index in [1.165, 1.54) is 11.8 Å². The fraction of sp³-hybridized carbons (Fsp3) is 0.107. The summed E-state index contributed by atoms with van der Waals surface area (Å²) in [6.07, 6.45) is 1.67. The number of aliphatic imine (C=N–C) groups is 1. The van der Waals surface area contributed by atoms with Crippen molar-refractivity contribution in [3.05, 3.63) is 105 Å². The average Bonchev–Trinajstić information content (AvgIpc) is 3.31. The first-order chi connectivity index (χ1) is 17.5. The lowest BCUT2D eigenvalue weighted by atomic mass is 10.1. The van der Waals surface area contributed by atoms with Crippen LogP contribution in [-0.2, 0) is 11.4 Å². The van der Waals surface area contributed by atoms with Gasteiger partial charge >= 0.3 is 0 Å². The van der Waals surface area contributed by atoms with Gasteiger partial charge in [0.25, 0.3) is 5.91 Å². The summed E-state index contributed by atoms with van der Waals surface area (Å²) >= 11 is 7.30. The molecule has 0 atom stereocenters. The van der Waals surface area contributed by atoms with Crippen molar-refractivity contribution in [3.8, 4) is 11.5 Å². The van der Waals surface area contributed by atoms with Gasteiger partial charge in [0.1, 0.15) is 12.4 Å². The van der Waals surface area contributed by atoms with Crippen LogP contribution in [0.2, 0.25) is 5.02 Å². The van der Waals surface area contributed by atoms with Crippen LogP contribution in [0.15, 0.2) is 88.8 Å². The first kappa shape index (κ1) is 23.9. The van der Waals surface area contributed by atoms with Crippen LogP contribution in [0.4, 0.5) is 0 Å². The normalized spacial score (nSPS) is 16.1. The third-order valence-electron chi connectivity index (χ3n) is 5.57. The highest BCUT2D eigenvalue weighted by Crippen LogP contribution is 2.38. The Kier molecular flexibility index (Phi) is 6.93. The molecule has 0 aromatic heterocycles. The molecule has 36 heavy (non-hydrogen) atoms. The monoisotopic (exact) mass is 515 g/mol. The topological polar surface area (TPSA) is 75.0 Å². The van der Waals surface area contributed by atoms with E-state index in [0.29, 0.717) is 40.5 Å². The average molecular weight is 516 g/mol. The van der Waals surface area contributed by atoms with Crippen LogP contribution in [0, 0.1) is 5.41 Å². The van der Waals surface area contributed by atoms with Gasteiger partial charge in [0.2, 0.25) is 0 Å². The van der Waals surface area contributed by atoms with Crippen LogP contribution in [0.25, 0.3) is 11.8 Å². The van der Waals surface area contributed by atoms with Crippen LogP contribution in [0.1, 0.15) is 23.6 Å². The molecular formula is C28H22ClN3O3S. The Bertz CT molecular complexity index is 1420. The highest BCUT2D eigenvalue weighted by Gasteiger charge is 2.36. The Morgan fingerprint density at radius 1 is 1.03 bits per heavy atom. The molecular weight excluding hydrogens is 494 g/mol. The maximum Gasteiger partial charge on any atom is 0.283 e. The molecule has 2 aliphatic rings. The smallest absolute Gasteiger partial charge is 0.283 e. The summed E-state index contributed by atoms with van der Waals surface area (Å²) in [5, 5.41) is 11.9. The van der Waals surface area contributed by atoms with Gasteiger partial charge in [0, 0.05) is 10.4 Å². The number of nitrogens with one attached hydrogen (secondary N) is 1. The van der Waals surface area contributed by atoms with Gasteiger partial charge in [-0.15, -0.1) is 0 Å². The number of fused-ring (bicyclic) bond motifs is 1. The van der Waals surface area contributed by atoms with Gasteiger partial charge in [-0.2, -0.15) is 4.99 Å². The second kappa shape index (κ2) is 10.4. The molecule has 2 aliphatic heterocycles.